The minimum atomic E-state index is 0.653. The van der Waals surface area contributed by atoms with Crippen LogP contribution >= 0.6 is 11.3 Å². The first kappa shape index (κ1) is 11.5. The van der Waals surface area contributed by atoms with E-state index in [9.17, 15) is 0 Å². The predicted molar refractivity (Wildman–Crippen MR) is 72.8 cm³/mol. The average molecular weight is 251 g/mol. The second-order valence-corrected chi connectivity index (χ2v) is 6.44. The lowest BCUT2D eigenvalue weighted by Gasteiger charge is -2.29. The van der Waals surface area contributed by atoms with Crippen molar-refractivity contribution in [3.05, 3.63) is 10.6 Å². The molecule has 0 aliphatic carbocycles. The summed E-state index contributed by atoms with van der Waals surface area (Å²) in [4.78, 5) is 11.4. The van der Waals surface area contributed by atoms with Crippen molar-refractivity contribution in [2.24, 2.45) is 0 Å². The van der Waals surface area contributed by atoms with E-state index < -0.39 is 0 Å². The molecule has 3 nitrogen and oxygen atoms in total. The Morgan fingerprint density at radius 2 is 1.94 bits per heavy atom. The van der Waals surface area contributed by atoms with Crippen LogP contribution in [0.1, 0.15) is 37.3 Å². The zero-order chi connectivity index (χ0) is 11.8. The Balaban J connectivity index is 1.79. The van der Waals surface area contributed by atoms with Crippen molar-refractivity contribution in [2.45, 2.75) is 45.7 Å². The van der Waals surface area contributed by atoms with E-state index in [1.54, 1.807) is 0 Å². The van der Waals surface area contributed by atoms with E-state index in [4.69, 9.17) is 4.98 Å². The quantitative estimate of drug-likeness (QED) is 0.805. The van der Waals surface area contributed by atoms with Crippen LogP contribution in [-0.4, -0.2) is 35.6 Å². The zero-order valence-corrected chi connectivity index (χ0v) is 11.6. The molecule has 1 aromatic heterocycles. The molecule has 0 amide bonds. The standard InChI is InChI=1S/C13H21N3S/c1-10(2)16-8-5-11-12(9-16)17-13(14-11)15-6-3-4-7-15/h10H,3-9H2,1-2H3. The van der Waals surface area contributed by atoms with E-state index in [0.717, 1.165) is 13.0 Å². The molecule has 0 radical (unpaired) electrons. The Hall–Kier alpha value is -0.610. The van der Waals surface area contributed by atoms with Gasteiger partial charge < -0.3 is 4.90 Å². The monoisotopic (exact) mass is 251 g/mol. The highest BCUT2D eigenvalue weighted by Crippen LogP contribution is 2.32. The SMILES string of the molecule is CC(C)N1CCc2nc(N3CCCC3)sc2C1. The van der Waals surface area contributed by atoms with Gasteiger partial charge in [0.15, 0.2) is 5.13 Å². The number of rotatable bonds is 2. The molecule has 0 aromatic carbocycles. The molecule has 0 unspecified atom stereocenters. The van der Waals surface area contributed by atoms with Crippen LogP contribution in [0.2, 0.25) is 0 Å². The van der Waals surface area contributed by atoms with Crippen LogP contribution in [0.5, 0.6) is 0 Å². The van der Waals surface area contributed by atoms with E-state index in [1.807, 2.05) is 11.3 Å². The molecule has 2 aliphatic heterocycles. The van der Waals surface area contributed by atoms with Gasteiger partial charge in [0.2, 0.25) is 0 Å². The van der Waals surface area contributed by atoms with Gasteiger partial charge in [-0.15, -0.1) is 11.3 Å². The second kappa shape index (κ2) is 4.58. The smallest absolute Gasteiger partial charge is 0.185 e. The van der Waals surface area contributed by atoms with E-state index in [-0.39, 0.29) is 0 Å². The third-order valence-electron chi connectivity index (χ3n) is 3.86. The van der Waals surface area contributed by atoms with Crippen molar-refractivity contribution in [1.82, 2.24) is 9.88 Å². The molecule has 17 heavy (non-hydrogen) atoms. The minimum Gasteiger partial charge on any atom is -0.348 e. The van der Waals surface area contributed by atoms with Crippen LogP contribution in [0.15, 0.2) is 0 Å². The molecule has 3 rings (SSSR count). The zero-order valence-electron chi connectivity index (χ0n) is 10.8. The molecule has 94 valence electrons. The van der Waals surface area contributed by atoms with Gasteiger partial charge in [-0.2, -0.15) is 0 Å². The van der Waals surface area contributed by atoms with Crippen molar-refractivity contribution in [2.75, 3.05) is 24.5 Å². The number of fused-ring (bicyclic) bond motifs is 1. The maximum atomic E-state index is 4.84. The van der Waals surface area contributed by atoms with Crippen LogP contribution in [0, 0.1) is 0 Å². The van der Waals surface area contributed by atoms with E-state index in [0.29, 0.717) is 6.04 Å². The molecule has 0 N–H and O–H groups in total. The van der Waals surface area contributed by atoms with Crippen LogP contribution in [0.25, 0.3) is 0 Å². The Morgan fingerprint density at radius 1 is 1.18 bits per heavy atom. The highest BCUT2D eigenvalue weighted by atomic mass is 32.1. The van der Waals surface area contributed by atoms with Crippen molar-refractivity contribution >= 4 is 16.5 Å². The van der Waals surface area contributed by atoms with Gasteiger partial charge in [-0.05, 0) is 26.7 Å². The highest BCUT2D eigenvalue weighted by molar-refractivity contribution is 7.15. The summed E-state index contributed by atoms with van der Waals surface area (Å²) in [6.07, 6.45) is 3.81. The first-order valence-electron chi connectivity index (χ1n) is 6.71. The summed E-state index contributed by atoms with van der Waals surface area (Å²) in [6.45, 7) is 9.27. The summed E-state index contributed by atoms with van der Waals surface area (Å²) in [5.74, 6) is 0. The molecule has 1 fully saturated rings. The van der Waals surface area contributed by atoms with Gasteiger partial charge in [-0.25, -0.2) is 4.98 Å². The Kier molecular flexibility index (Phi) is 3.09. The third-order valence-corrected chi connectivity index (χ3v) is 5.00. The molecule has 0 atom stereocenters. The Bertz CT molecular complexity index is 393. The van der Waals surface area contributed by atoms with Crippen LogP contribution in [0.3, 0.4) is 0 Å². The molecule has 4 heteroatoms. The maximum Gasteiger partial charge on any atom is 0.185 e. The fourth-order valence-electron chi connectivity index (χ4n) is 2.69. The molecule has 3 heterocycles. The lowest BCUT2D eigenvalue weighted by Crippen LogP contribution is -2.35. The van der Waals surface area contributed by atoms with E-state index >= 15 is 0 Å². The topological polar surface area (TPSA) is 19.4 Å². The van der Waals surface area contributed by atoms with Gasteiger partial charge in [-0.3, -0.25) is 4.90 Å². The molecular weight excluding hydrogens is 230 g/mol. The number of hydrogen-bond donors (Lipinski definition) is 0. The van der Waals surface area contributed by atoms with E-state index in [2.05, 4.69) is 23.6 Å². The van der Waals surface area contributed by atoms with Crippen molar-refractivity contribution in [1.29, 1.82) is 0 Å². The lowest BCUT2D eigenvalue weighted by atomic mass is 10.1. The summed E-state index contributed by atoms with van der Waals surface area (Å²) in [7, 11) is 0. The summed E-state index contributed by atoms with van der Waals surface area (Å²) in [5.41, 5.74) is 1.37. The number of aromatic nitrogens is 1. The average Bonchev–Trinajstić information content (AvgIpc) is 2.96. The molecular formula is C13H21N3S. The van der Waals surface area contributed by atoms with Crippen molar-refractivity contribution < 1.29 is 0 Å². The van der Waals surface area contributed by atoms with Crippen molar-refractivity contribution in [3.8, 4) is 0 Å². The summed E-state index contributed by atoms with van der Waals surface area (Å²) >= 11 is 1.93. The molecule has 0 saturated carbocycles. The number of hydrogen-bond acceptors (Lipinski definition) is 4. The number of nitrogens with zero attached hydrogens (tertiary/aromatic N) is 3. The normalized spacial score (nSPS) is 21.2. The predicted octanol–water partition coefficient (Wildman–Crippen LogP) is 2.51. The molecule has 2 aliphatic rings. The molecule has 1 aromatic rings. The van der Waals surface area contributed by atoms with Crippen LogP contribution < -0.4 is 4.90 Å². The first-order valence-corrected chi connectivity index (χ1v) is 7.53. The van der Waals surface area contributed by atoms with E-state index in [1.165, 1.54) is 48.2 Å². The fraction of sp³-hybridized carbons (Fsp3) is 0.769. The maximum absolute atomic E-state index is 4.84. The van der Waals surface area contributed by atoms with Gasteiger partial charge in [0.25, 0.3) is 0 Å². The summed E-state index contributed by atoms with van der Waals surface area (Å²) in [6, 6.07) is 0.653. The number of thiazole rings is 1. The van der Waals surface area contributed by atoms with Gasteiger partial charge in [0.05, 0.1) is 5.69 Å². The van der Waals surface area contributed by atoms with Crippen molar-refractivity contribution in [3.63, 3.8) is 0 Å². The number of anilines is 1. The molecule has 0 bridgehead atoms. The fourth-order valence-corrected chi connectivity index (χ4v) is 3.87. The first-order chi connectivity index (χ1) is 8.24. The minimum absolute atomic E-state index is 0.653. The Labute approximate surface area is 107 Å². The van der Waals surface area contributed by atoms with Gasteiger partial charge in [-0.1, -0.05) is 0 Å². The molecule has 1 saturated heterocycles. The third kappa shape index (κ3) is 2.20. The summed E-state index contributed by atoms with van der Waals surface area (Å²) < 4.78 is 0. The van der Waals surface area contributed by atoms with Crippen LogP contribution in [-0.2, 0) is 13.0 Å². The lowest BCUT2D eigenvalue weighted by molar-refractivity contribution is 0.205. The van der Waals surface area contributed by atoms with Crippen LogP contribution in [0.4, 0.5) is 5.13 Å². The summed E-state index contributed by atoms with van der Waals surface area (Å²) in [5, 5.41) is 1.28. The van der Waals surface area contributed by atoms with Gasteiger partial charge >= 0.3 is 0 Å². The second-order valence-electron chi connectivity index (χ2n) is 5.37. The molecule has 0 spiro atoms. The van der Waals surface area contributed by atoms with Gasteiger partial charge in [0, 0.05) is 43.5 Å². The Morgan fingerprint density at radius 3 is 2.65 bits per heavy atom. The highest BCUT2D eigenvalue weighted by Gasteiger charge is 2.24. The van der Waals surface area contributed by atoms with Gasteiger partial charge in [0.1, 0.15) is 0 Å². The largest absolute Gasteiger partial charge is 0.348 e.